The molecule has 0 aliphatic heterocycles. The fourth-order valence-corrected chi connectivity index (χ4v) is 2.80. The van der Waals surface area contributed by atoms with E-state index in [-0.39, 0.29) is 11.8 Å². The predicted octanol–water partition coefficient (Wildman–Crippen LogP) is 1.69. The van der Waals surface area contributed by atoms with E-state index in [9.17, 15) is 9.90 Å². The summed E-state index contributed by atoms with van der Waals surface area (Å²) in [6.45, 7) is 8.88. The van der Waals surface area contributed by atoms with Crippen LogP contribution in [0.4, 0.5) is 0 Å². The molecule has 0 bridgehead atoms. The molecule has 5 heteroatoms. The number of carbonyl (C=O) groups excluding carboxylic acids is 1. The largest absolute Gasteiger partial charge is 0.380 e. The Labute approximate surface area is 120 Å². The third-order valence-corrected chi connectivity index (χ3v) is 4.62. The number of rotatable bonds is 5. The fraction of sp³-hybridized carbons (Fsp3) is 0.733. The van der Waals surface area contributed by atoms with E-state index in [1.54, 1.807) is 6.92 Å². The van der Waals surface area contributed by atoms with Gasteiger partial charge in [0.05, 0.1) is 5.69 Å². The van der Waals surface area contributed by atoms with Crippen LogP contribution >= 0.6 is 0 Å². The average molecular weight is 279 g/mol. The summed E-state index contributed by atoms with van der Waals surface area (Å²) in [5, 5.41) is 17.6. The summed E-state index contributed by atoms with van der Waals surface area (Å²) in [5.41, 5.74) is 1.81. The van der Waals surface area contributed by atoms with Crippen molar-refractivity contribution in [2.45, 2.75) is 65.6 Å². The molecule has 0 spiro atoms. The van der Waals surface area contributed by atoms with Gasteiger partial charge in [0, 0.05) is 24.3 Å². The second-order valence-electron chi connectivity index (χ2n) is 5.92. The summed E-state index contributed by atoms with van der Waals surface area (Å²) in [6.07, 6.45) is 2.98. The number of amides is 1. The van der Waals surface area contributed by atoms with Crippen molar-refractivity contribution in [2.75, 3.05) is 0 Å². The molecule has 0 radical (unpaired) electrons. The minimum atomic E-state index is -1.25. The Morgan fingerprint density at radius 1 is 1.50 bits per heavy atom. The predicted molar refractivity (Wildman–Crippen MR) is 77.2 cm³/mol. The molecule has 0 saturated heterocycles. The van der Waals surface area contributed by atoms with Crippen molar-refractivity contribution < 1.29 is 9.90 Å². The molecule has 1 unspecified atom stereocenters. The molecule has 1 fully saturated rings. The molecular formula is C15H25N3O2. The van der Waals surface area contributed by atoms with E-state index in [0.29, 0.717) is 6.54 Å². The lowest BCUT2D eigenvalue weighted by Crippen LogP contribution is -2.51. The van der Waals surface area contributed by atoms with Gasteiger partial charge >= 0.3 is 0 Å². The van der Waals surface area contributed by atoms with E-state index < -0.39 is 5.60 Å². The second-order valence-corrected chi connectivity index (χ2v) is 5.92. The Kier molecular flexibility index (Phi) is 4.18. The first-order valence-corrected chi connectivity index (χ1v) is 7.41. The van der Waals surface area contributed by atoms with Crippen molar-refractivity contribution in [2.24, 2.45) is 5.92 Å². The van der Waals surface area contributed by atoms with Crippen LogP contribution in [0, 0.1) is 19.8 Å². The smallest absolute Gasteiger partial charge is 0.252 e. The van der Waals surface area contributed by atoms with Gasteiger partial charge in [-0.25, -0.2) is 0 Å². The summed E-state index contributed by atoms with van der Waals surface area (Å²) >= 11 is 0. The van der Waals surface area contributed by atoms with E-state index >= 15 is 0 Å². The number of nitrogens with one attached hydrogen (secondary N) is 1. The van der Waals surface area contributed by atoms with E-state index in [1.807, 2.05) is 25.5 Å². The SMILES string of the molecule is CCn1nc(C)c(CNC(=O)C(C)(O)C2CCC2)c1C. The van der Waals surface area contributed by atoms with Gasteiger partial charge in [0.2, 0.25) is 0 Å². The molecule has 1 aromatic rings. The Morgan fingerprint density at radius 3 is 2.60 bits per heavy atom. The number of carbonyl (C=O) groups is 1. The van der Waals surface area contributed by atoms with Crippen LogP contribution < -0.4 is 5.32 Å². The molecule has 1 atom stereocenters. The molecule has 1 aliphatic carbocycles. The molecule has 1 aromatic heterocycles. The van der Waals surface area contributed by atoms with Gasteiger partial charge in [0.15, 0.2) is 0 Å². The number of aliphatic hydroxyl groups is 1. The summed E-state index contributed by atoms with van der Waals surface area (Å²) < 4.78 is 1.93. The van der Waals surface area contributed by atoms with Crippen molar-refractivity contribution >= 4 is 5.91 Å². The molecule has 5 nitrogen and oxygen atoms in total. The zero-order chi connectivity index (χ0) is 14.9. The lowest BCUT2D eigenvalue weighted by molar-refractivity contribution is -0.147. The van der Waals surface area contributed by atoms with Crippen molar-refractivity contribution in [3.8, 4) is 0 Å². The molecule has 0 aromatic carbocycles. The van der Waals surface area contributed by atoms with Gasteiger partial charge in [-0.2, -0.15) is 5.10 Å². The van der Waals surface area contributed by atoms with Crippen LogP contribution in [0.15, 0.2) is 0 Å². The van der Waals surface area contributed by atoms with Gasteiger partial charge < -0.3 is 10.4 Å². The zero-order valence-corrected chi connectivity index (χ0v) is 12.9. The highest BCUT2D eigenvalue weighted by atomic mass is 16.3. The van der Waals surface area contributed by atoms with Gasteiger partial charge in [-0.05, 0) is 46.5 Å². The highest BCUT2D eigenvalue weighted by Crippen LogP contribution is 2.36. The first kappa shape index (κ1) is 15.0. The van der Waals surface area contributed by atoms with Gasteiger partial charge in [-0.3, -0.25) is 9.48 Å². The molecule has 20 heavy (non-hydrogen) atoms. The van der Waals surface area contributed by atoms with Gasteiger partial charge in [-0.1, -0.05) is 6.42 Å². The number of aryl methyl sites for hydroxylation is 2. The highest BCUT2D eigenvalue weighted by molar-refractivity contribution is 5.84. The highest BCUT2D eigenvalue weighted by Gasteiger charge is 2.42. The third kappa shape index (κ3) is 2.59. The van der Waals surface area contributed by atoms with E-state index in [0.717, 1.165) is 42.8 Å². The van der Waals surface area contributed by atoms with Crippen LogP contribution in [0.2, 0.25) is 0 Å². The first-order valence-electron chi connectivity index (χ1n) is 7.41. The van der Waals surface area contributed by atoms with E-state index in [4.69, 9.17) is 0 Å². The lowest BCUT2D eigenvalue weighted by Gasteiger charge is -2.37. The van der Waals surface area contributed by atoms with Gasteiger partial charge in [0.1, 0.15) is 5.60 Å². The Balaban J connectivity index is 2.01. The minimum absolute atomic E-state index is 0.100. The number of hydrogen-bond donors (Lipinski definition) is 2. The van der Waals surface area contributed by atoms with Crippen LogP contribution in [-0.4, -0.2) is 26.4 Å². The fourth-order valence-electron chi connectivity index (χ4n) is 2.80. The molecule has 2 N–H and O–H groups in total. The van der Waals surface area contributed by atoms with Crippen molar-refractivity contribution in [1.29, 1.82) is 0 Å². The zero-order valence-electron chi connectivity index (χ0n) is 12.9. The van der Waals surface area contributed by atoms with E-state index in [2.05, 4.69) is 10.4 Å². The van der Waals surface area contributed by atoms with Crippen molar-refractivity contribution in [1.82, 2.24) is 15.1 Å². The van der Waals surface area contributed by atoms with Crippen LogP contribution in [0.3, 0.4) is 0 Å². The summed E-state index contributed by atoms with van der Waals surface area (Å²) in [4.78, 5) is 12.2. The summed E-state index contributed by atoms with van der Waals surface area (Å²) in [7, 11) is 0. The lowest BCUT2D eigenvalue weighted by atomic mass is 9.73. The Bertz CT molecular complexity index is 501. The maximum Gasteiger partial charge on any atom is 0.252 e. The Hall–Kier alpha value is -1.36. The molecule has 2 rings (SSSR count). The number of nitrogens with zero attached hydrogens (tertiary/aromatic N) is 2. The van der Waals surface area contributed by atoms with Crippen molar-refractivity contribution in [3.05, 3.63) is 17.0 Å². The van der Waals surface area contributed by atoms with Crippen LogP contribution in [0.1, 0.15) is 50.1 Å². The topological polar surface area (TPSA) is 67.2 Å². The van der Waals surface area contributed by atoms with Crippen LogP contribution in [0.25, 0.3) is 0 Å². The maximum atomic E-state index is 12.2. The summed E-state index contributed by atoms with van der Waals surface area (Å²) in [5.74, 6) is -0.173. The monoisotopic (exact) mass is 279 g/mol. The quantitative estimate of drug-likeness (QED) is 0.862. The maximum absolute atomic E-state index is 12.2. The Morgan fingerprint density at radius 2 is 2.15 bits per heavy atom. The third-order valence-electron chi connectivity index (χ3n) is 4.62. The molecule has 1 amide bonds. The van der Waals surface area contributed by atoms with Crippen LogP contribution in [-0.2, 0) is 17.9 Å². The standard InChI is InChI=1S/C15H25N3O2/c1-5-18-11(3)13(10(2)17-18)9-16-14(19)15(4,20)12-7-6-8-12/h12,20H,5-9H2,1-4H3,(H,16,19). The van der Waals surface area contributed by atoms with Crippen molar-refractivity contribution in [3.63, 3.8) is 0 Å². The van der Waals surface area contributed by atoms with Crippen LogP contribution in [0.5, 0.6) is 0 Å². The number of aromatic nitrogens is 2. The minimum Gasteiger partial charge on any atom is -0.380 e. The average Bonchev–Trinajstić information content (AvgIpc) is 2.58. The molecule has 1 heterocycles. The summed E-state index contributed by atoms with van der Waals surface area (Å²) in [6, 6.07) is 0. The molecular weight excluding hydrogens is 254 g/mol. The second kappa shape index (κ2) is 5.56. The van der Waals surface area contributed by atoms with Gasteiger partial charge in [0.25, 0.3) is 5.91 Å². The molecule has 1 saturated carbocycles. The van der Waals surface area contributed by atoms with E-state index in [1.165, 1.54) is 0 Å². The molecule has 112 valence electrons. The van der Waals surface area contributed by atoms with Gasteiger partial charge in [-0.15, -0.1) is 0 Å². The number of hydrogen-bond acceptors (Lipinski definition) is 3. The first-order chi connectivity index (χ1) is 9.37. The normalized spacial score (nSPS) is 18.4. The molecule has 1 aliphatic rings.